The molecule has 1 aromatic heterocycles. The zero-order valence-electron chi connectivity index (χ0n) is 13.0. The van der Waals surface area contributed by atoms with Crippen molar-refractivity contribution in [2.75, 3.05) is 7.11 Å². The van der Waals surface area contributed by atoms with Crippen molar-refractivity contribution < 1.29 is 27.2 Å². The number of benzene rings is 1. The van der Waals surface area contributed by atoms with Gasteiger partial charge in [0.05, 0.1) is 18.2 Å². The topological polar surface area (TPSA) is 48.0 Å². The van der Waals surface area contributed by atoms with E-state index >= 15 is 0 Å². The summed E-state index contributed by atoms with van der Waals surface area (Å²) >= 11 is 6.38. The van der Waals surface area contributed by atoms with Gasteiger partial charge >= 0.3 is 0 Å². The number of hydrogen-bond acceptors (Lipinski definition) is 3. The molecule has 2 aromatic rings. The van der Waals surface area contributed by atoms with Gasteiger partial charge in [-0.25, -0.2) is 0 Å². The van der Waals surface area contributed by atoms with Crippen LogP contribution in [0.2, 0.25) is 5.02 Å². The molecule has 0 saturated heterocycles. The molecule has 1 aromatic carbocycles. The lowest BCUT2D eigenvalue weighted by Gasteiger charge is -2.14. The number of nitrogens with zero attached hydrogens (tertiary/aromatic N) is 1. The Balaban J connectivity index is 0.00000192. The quantitative estimate of drug-likeness (QED) is 0.732. The number of rotatable bonds is 7. The van der Waals surface area contributed by atoms with Gasteiger partial charge in [-0.2, -0.15) is 0 Å². The van der Waals surface area contributed by atoms with Crippen LogP contribution in [-0.2, 0) is 13.2 Å². The highest BCUT2D eigenvalue weighted by Gasteiger charge is 2.25. The van der Waals surface area contributed by atoms with Gasteiger partial charge in [0, 0.05) is 36.4 Å². The number of aromatic nitrogens is 1. The monoisotopic (exact) mass is 354 g/mol. The molecule has 1 saturated carbocycles. The lowest BCUT2D eigenvalue weighted by molar-refractivity contribution is -0.683. The summed E-state index contributed by atoms with van der Waals surface area (Å²) in [6.45, 7) is 1.33. The Morgan fingerprint density at radius 3 is 2.78 bits per heavy atom. The molecule has 1 aliphatic carbocycles. The third-order valence-electron chi connectivity index (χ3n) is 3.70. The van der Waals surface area contributed by atoms with Gasteiger partial charge in [-0.05, 0) is 18.2 Å². The molecule has 4 nitrogen and oxygen atoms in total. The van der Waals surface area contributed by atoms with Gasteiger partial charge in [0.15, 0.2) is 11.5 Å². The van der Waals surface area contributed by atoms with Crippen LogP contribution in [-0.4, -0.2) is 18.1 Å². The van der Waals surface area contributed by atoms with E-state index in [1.54, 1.807) is 19.5 Å². The third kappa shape index (κ3) is 4.99. The van der Waals surface area contributed by atoms with Crippen LogP contribution in [0.4, 0.5) is 0 Å². The molecule has 0 unspecified atom stereocenters. The number of halogens is 2. The van der Waals surface area contributed by atoms with E-state index in [0.717, 1.165) is 23.7 Å². The van der Waals surface area contributed by atoms with Gasteiger partial charge < -0.3 is 27.2 Å². The SMILES string of the molecule is COc1cc(C[NH2+]C2CC2)cc(Cl)c1OCc1cccnc1.[Cl-]. The first-order valence-electron chi connectivity index (χ1n) is 7.47. The first-order chi connectivity index (χ1) is 10.8. The van der Waals surface area contributed by atoms with Gasteiger partial charge in [-0.1, -0.05) is 17.7 Å². The van der Waals surface area contributed by atoms with Crippen LogP contribution in [0, 0.1) is 0 Å². The summed E-state index contributed by atoms with van der Waals surface area (Å²) in [6.07, 6.45) is 6.15. The second kappa shape index (κ2) is 8.39. The standard InChI is InChI=1S/C17H19ClN2O2.ClH/c1-21-16-8-13(10-20-14-4-5-14)7-15(18)17(16)22-11-12-3-2-6-19-9-12;/h2-3,6-9,14,20H,4-5,10-11H2,1H3;1H. The van der Waals surface area contributed by atoms with Crippen molar-refractivity contribution in [1.29, 1.82) is 0 Å². The minimum absolute atomic E-state index is 0. The average molecular weight is 355 g/mol. The van der Waals surface area contributed by atoms with E-state index in [0.29, 0.717) is 23.1 Å². The average Bonchev–Trinajstić information content (AvgIpc) is 3.36. The van der Waals surface area contributed by atoms with Crippen molar-refractivity contribution in [1.82, 2.24) is 4.98 Å². The van der Waals surface area contributed by atoms with E-state index in [2.05, 4.69) is 10.3 Å². The predicted molar refractivity (Wildman–Crippen MR) is 85.2 cm³/mol. The Morgan fingerprint density at radius 2 is 2.13 bits per heavy atom. The first kappa shape index (κ1) is 17.9. The summed E-state index contributed by atoms with van der Waals surface area (Å²) in [5.74, 6) is 1.26. The Kier molecular flexibility index (Phi) is 6.51. The zero-order valence-corrected chi connectivity index (χ0v) is 14.5. The highest BCUT2D eigenvalue weighted by Crippen LogP contribution is 2.36. The van der Waals surface area contributed by atoms with Gasteiger partial charge in [0.25, 0.3) is 0 Å². The van der Waals surface area contributed by atoms with Crippen LogP contribution < -0.4 is 27.2 Å². The highest BCUT2D eigenvalue weighted by atomic mass is 35.5. The fourth-order valence-electron chi connectivity index (χ4n) is 2.30. The van der Waals surface area contributed by atoms with E-state index < -0.39 is 0 Å². The maximum Gasteiger partial charge on any atom is 0.180 e. The van der Waals surface area contributed by atoms with Crippen LogP contribution >= 0.6 is 11.6 Å². The maximum atomic E-state index is 6.38. The second-order valence-corrected chi connectivity index (χ2v) is 5.94. The summed E-state index contributed by atoms with van der Waals surface area (Å²) < 4.78 is 11.3. The molecule has 1 aliphatic rings. The smallest absolute Gasteiger partial charge is 0.180 e. The van der Waals surface area contributed by atoms with Crippen molar-refractivity contribution in [3.63, 3.8) is 0 Å². The fourth-order valence-corrected chi connectivity index (χ4v) is 2.59. The number of quaternary nitrogens is 1. The molecule has 1 heterocycles. The zero-order chi connectivity index (χ0) is 15.4. The molecule has 0 amide bonds. The van der Waals surface area contributed by atoms with Gasteiger partial charge in [0.2, 0.25) is 0 Å². The lowest BCUT2D eigenvalue weighted by Crippen LogP contribution is -3.00. The van der Waals surface area contributed by atoms with Crippen LogP contribution in [0.5, 0.6) is 11.5 Å². The minimum atomic E-state index is 0. The fraction of sp³-hybridized carbons (Fsp3) is 0.353. The summed E-state index contributed by atoms with van der Waals surface area (Å²) in [5.41, 5.74) is 2.15. The first-order valence-corrected chi connectivity index (χ1v) is 7.85. The van der Waals surface area contributed by atoms with Crippen molar-refractivity contribution in [2.45, 2.75) is 32.0 Å². The van der Waals surface area contributed by atoms with E-state index in [4.69, 9.17) is 21.1 Å². The third-order valence-corrected chi connectivity index (χ3v) is 3.98. The Labute approximate surface area is 147 Å². The van der Waals surface area contributed by atoms with E-state index in [1.165, 1.54) is 12.8 Å². The summed E-state index contributed by atoms with van der Waals surface area (Å²) in [7, 11) is 1.64. The second-order valence-electron chi connectivity index (χ2n) is 5.54. The lowest BCUT2D eigenvalue weighted by atomic mass is 10.2. The summed E-state index contributed by atoms with van der Waals surface area (Å²) in [5, 5.41) is 2.93. The van der Waals surface area contributed by atoms with Crippen LogP contribution in [0.1, 0.15) is 24.0 Å². The summed E-state index contributed by atoms with van der Waals surface area (Å²) in [6, 6.07) is 8.59. The number of pyridine rings is 1. The molecule has 1 fully saturated rings. The number of nitrogens with two attached hydrogens (primary N) is 1. The van der Waals surface area contributed by atoms with E-state index in [1.807, 2.05) is 24.3 Å². The molecular weight excluding hydrogens is 335 g/mol. The summed E-state index contributed by atoms with van der Waals surface area (Å²) in [4.78, 5) is 4.07. The van der Waals surface area contributed by atoms with Crippen molar-refractivity contribution in [2.24, 2.45) is 0 Å². The molecule has 0 radical (unpaired) electrons. The van der Waals surface area contributed by atoms with Gasteiger partial charge in [-0.3, -0.25) is 4.98 Å². The van der Waals surface area contributed by atoms with Gasteiger partial charge in [-0.15, -0.1) is 0 Å². The van der Waals surface area contributed by atoms with Crippen molar-refractivity contribution >= 4 is 11.6 Å². The molecule has 3 rings (SSSR count). The maximum absolute atomic E-state index is 6.38. The Morgan fingerprint density at radius 1 is 1.30 bits per heavy atom. The van der Waals surface area contributed by atoms with Crippen LogP contribution in [0.15, 0.2) is 36.7 Å². The van der Waals surface area contributed by atoms with Crippen molar-refractivity contribution in [3.8, 4) is 11.5 Å². The van der Waals surface area contributed by atoms with Crippen LogP contribution in [0.3, 0.4) is 0 Å². The van der Waals surface area contributed by atoms with Crippen LogP contribution in [0.25, 0.3) is 0 Å². The number of methoxy groups -OCH3 is 1. The Bertz CT molecular complexity index is 634. The van der Waals surface area contributed by atoms with E-state index in [-0.39, 0.29) is 12.4 Å². The molecule has 2 N–H and O–H groups in total. The van der Waals surface area contributed by atoms with Crippen molar-refractivity contribution in [3.05, 3.63) is 52.8 Å². The molecule has 23 heavy (non-hydrogen) atoms. The van der Waals surface area contributed by atoms with E-state index in [9.17, 15) is 0 Å². The Hall–Kier alpha value is -1.49. The number of hydrogen-bond donors (Lipinski definition) is 1. The molecule has 0 bridgehead atoms. The van der Waals surface area contributed by atoms with Gasteiger partial charge in [0.1, 0.15) is 13.2 Å². The molecular formula is C17H20Cl2N2O2. The normalized spacial score (nSPS) is 13.3. The molecule has 0 atom stereocenters. The molecule has 124 valence electrons. The molecule has 6 heteroatoms. The highest BCUT2D eigenvalue weighted by molar-refractivity contribution is 6.32. The predicted octanol–water partition coefficient (Wildman–Crippen LogP) is -0.448. The largest absolute Gasteiger partial charge is 1.00 e. The number of ether oxygens (including phenoxy) is 2. The molecule has 0 aliphatic heterocycles. The molecule has 0 spiro atoms. The minimum Gasteiger partial charge on any atom is -1.00 e.